The molecule has 2 amide bonds. The van der Waals surface area contributed by atoms with Crippen LogP contribution in [0.25, 0.3) is 0 Å². The molecule has 2 heterocycles. The fourth-order valence-corrected chi connectivity index (χ4v) is 4.60. The number of amides is 2. The molecule has 0 saturated carbocycles. The van der Waals surface area contributed by atoms with Crippen LogP contribution in [0.1, 0.15) is 45.1 Å². The Hall–Kier alpha value is -4.10. The van der Waals surface area contributed by atoms with Crippen LogP contribution in [0.5, 0.6) is 5.75 Å². The summed E-state index contributed by atoms with van der Waals surface area (Å²) in [6, 6.07) is 23.9. The number of nitrogens with one attached hydrogen (secondary N) is 1. The molecule has 1 aliphatic rings. The highest BCUT2D eigenvalue weighted by Gasteiger charge is 2.29. The number of benzene rings is 3. The van der Waals surface area contributed by atoms with Gasteiger partial charge in [-0.1, -0.05) is 48.0 Å². The molecular weight excluding hydrogens is 488 g/mol. The summed E-state index contributed by atoms with van der Waals surface area (Å²) < 4.78 is 7.77. The van der Waals surface area contributed by atoms with Gasteiger partial charge in [-0.2, -0.15) is 0 Å². The van der Waals surface area contributed by atoms with Crippen LogP contribution < -0.4 is 15.0 Å². The van der Waals surface area contributed by atoms with Gasteiger partial charge in [0.15, 0.2) is 11.5 Å². The Morgan fingerprint density at radius 1 is 1.03 bits per heavy atom. The van der Waals surface area contributed by atoms with E-state index in [1.165, 1.54) is 4.90 Å². The van der Waals surface area contributed by atoms with Crippen LogP contribution in [0.4, 0.5) is 11.5 Å². The first kappa shape index (κ1) is 24.6. The van der Waals surface area contributed by atoms with Gasteiger partial charge in [0.2, 0.25) is 0 Å². The number of nitrogens with zero attached hydrogens (tertiary/aromatic N) is 3. The van der Waals surface area contributed by atoms with E-state index in [1.54, 1.807) is 43.4 Å². The van der Waals surface area contributed by atoms with Crippen LogP contribution in [-0.4, -0.2) is 28.4 Å². The maximum atomic E-state index is 13.5. The van der Waals surface area contributed by atoms with E-state index in [-0.39, 0.29) is 11.8 Å². The van der Waals surface area contributed by atoms with Crippen LogP contribution in [0.15, 0.2) is 78.9 Å². The van der Waals surface area contributed by atoms with E-state index in [0.717, 1.165) is 30.7 Å². The summed E-state index contributed by atoms with van der Waals surface area (Å²) in [7, 11) is 1.63. The van der Waals surface area contributed by atoms with Gasteiger partial charge in [0.25, 0.3) is 11.8 Å². The van der Waals surface area contributed by atoms with Crippen molar-refractivity contribution >= 4 is 34.9 Å². The summed E-state index contributed by atoms with van der Waals surface area (Å²) in [4.78, 5) is 32.9. The van der Waals surface area contributed by atoms with Crippen molar-refractivity contribution in [3.05, 3.63) is 107 Å². The van der Waals surface area contributed by atoms with Crippen molar-refractivity contribution in [2.24, 2.45) is 0 Å². The molecule has 5 rings (SSSR count). The van der Waals surface area contributed by atoms with Crippen LogP contribution in [0.2, 0.25) is 5.02 Å². The minimum absolute atomic E-state index is 0.285. The van der Waals surface area contributed by atoms with E-state index in [4.69, 9.17) is 21.3 Å². The molecular formula is C29H27ClN4O3. The lowest BCUT2D eigenvalue weighted by Gasteiger charge is -2.19. The second-order valence-corrected chi connectivity index (χ2v) is 9.37. The average molecular weight is 515 g/mol. The lowest BCUT2D eigenvalue weighted by atomic mass is 10.1. The third-order valence-corrected chi connectivity index (χ3v) is 6.56. The topological polar surface area (TPSA) is 76.5 Å². The van der Waals surface area contributed by atoms with Crippen molar-refractivity contribution in [2.45, 2.75) is 32.4 Å². The average Bonchev–Trinajstić information content (AvgIpc) is 3.32. The number of rotatable bonds is 7. The number of halogens is 1. The van der Waals surface area contributed by atoms with Gasteiger partial charge < -0.3 is 14.6 Å². The number of hydrogen-bond acceptors (Lipinski definition) is 4. The van der Waals surface area contributed by atoms with Crippen molar-refractivity contribution in [1.29, 1.82) is 0 Å². The molecule has 0 bridgehead atoms. The Kier molecular flexibility index (Phi) is 7.23. The van der Waals surface area contributed by atoms with E-state index in [0.29, 0.717) is 46.7 Å². The summed E-state index contributed by atoms with van der Waals surface area (Å²) in [5.41, 5.74) is 2.50. The predicted octanol–water partition coefficient (Wildman–Crippen LogP) is 5.98. The zero-order valence-electron chi connectivity index (χ0n) is 20.5. The highest BCUT2D eigenvalue weighted by molar-refractivity contribution is 6.31. The predicted molar refractivity (Wildman–Crippen MR) is 145 cm³/mol. The van der Waals surface area contributed by atoms with Gasteiger partial charge in [-0.05, 0) is 60.9 Å². The largest absolute Gasteiger partial charge is 0.489 e. The smallest absolute Gasteiger partial charge is 0.276 e. The molecule has 0 aliphatic carbocycles. The molecule has 3 aromatic carbocycles. The van der Waals surface area contributed by atoms with Crippen molar-refractivity contribution in [2.75, 3.05) is 17.3 Å². The van der Waals surface area contributed by atoms with Gasteiger partial charge in [0, 0.05) is 36.3 Å². The van der Waals surface area contributed by atoms with Crippen molar-refractivity contribution in [1.82, 2.24) is 9.55 Å². The Balaban J connectivity index is 1.35. The maximum absolute atomic E-state index is 13.5. The van der Waals surface area contributed by atoms with Gasteiger partial charge in [0.05, 0.1) is 0 Å². The van der Waals surface area contributed by atoms with Gasteiger partial charge in [-0.3, -0.25) is 14.5 Å². The zero-order chi connectivity index (χ0) is 25.8. The summed E-state index contributed by atoms with van der Waals surface area (Å²) in [6.45, 7) is 1.14. The molecule has 1 aliphatic heterocycles. The number of hydrogen-bond donors (Lipinski definition) is 1. The molecule has 8 heteroatoms. The SMILES string of the molecule is CN(C(=O)c1cccc(Cl)c1)c1nc2n(c1C(=O)Nc1ccc(OCc3ccccc3)cc1)CCCC2. The lowest BCUT2D eigenvalue weighted by Crippen LogP contribution is -2.30. The summed E-state index contributed by atoms with van der Waals surface area (Å²) >= 11 is 6.09. The molecule has 1 aromatic heterocycles. The number of imidazole rings is 1. The molecule has 4 aromatic rings. The molecule has 0 unspecified atom stereocenters. The first-order valence-corrected chi connectivity index (χ1v) is 12.6. The Bertz CT molecular complexity index is 1420. The number of aryl methyl sites for hydroxylation is 1. The molecule has 37 heavy (non-hydrogen) atoms. The second-order valence-electron chi connectivity index (χ2n) is 8.94. The molecule has 7 nitrogen and oxygen atoms in total. The monoisotopic (exact) mass is 514 g/mol. The molecule has 0 saturated heterocycles. The van der Waals surface area contributed by atoms with E-state index in [9.17, 15) is 9.59 Å². The highest BCUT2D eigenvalue weighted by atomic mass is 35.5. The van der Waals surface area contributed by atoms with E-state index < -0.39 is 0 Å². The number of carbonyl (C=O) groups is 2. The van der Waals surface area contributed by atoms with Crippen molar-refractivity contribution in [3.63, 3.8) is 0 Å². The number of anilines is 2. The summed E-state index contributed by atoms with van der Waals surface area (Å²) in [5, 5.41) is 3.43. The molecule has 0 fully saturated rings. The van der Waals surface area contributed by atoms with E-state index in [2.05, 4.69) is 5.32 Å². The third kappa shape index (κ3) is 5.52. The van der Waals surface area contributed by atoms with Gasteiger partial charge >= 0.3 is 0 Å². The van der Waals surface area contributed by atoms with Gasteiger partial charge in [-0.25, -0.2) is 4.98 Å². The number of carbonyl (C=O) groups excluding carboxylic acids is 2. The Labute approximate surface area is 220 Å². The molecule has 1 N–H and O–H groups in total. The first-order chi connectivity index (χ1) is 18.0. The lowest BCUT2D eigenvalue weighted by molar-refractivity contribution is 0.0992. The minimum Gasteiger partial charge on any atom is -0.489 e. The normalized spacial score (nSPS) is 12.5. The fraction of sp³-hybridized carbons (Fsp3) is 0.207. The van der Waals surface area contributed by atoms with E-state index >= 15 is 0 Å². The number of fused-ring (bicyclic) bond motifs is 1. The molecule has 188 valence electrons. The zero-order valence-corrected chi connectivity index (χ0v) is 21.2. The van der Waals surface area contributed by atoms with Gasteiger partial charge in [-0.15, -0.1) is 0 Å². The van der Waals surface area contributed by atoms with Gasteiger partial charge in [0.1, 0.15) is 18.2 Å². The highest BCUT2D eigenvalue weighted by Crippen LogP contribution is 2.28. The Morgan fingerprint density at radius 3 is 2.57 bits per heavy atom. The van der Waals surface area contributed by atoms with Crippen LogP contribution in [0.3, 0.4) is 0 Å². The third-order valence-electron chi connectivity index (χ3n) is 6.33. The quantitative estimate of drug-likeness (QED) is 0.329. The maximum Gasteiger partial charge on any atom is 0.276 e. The number of aromatic nitrogens is 2. The van der Waals surface area contributed by atoms with Crippen LogP contribution in [-0.2, 0) is 19.6 Å². The number of ether oxygens (including phenoxy) is 1. The molecule has 0 atom stereocenters. The fourth-order valence-electron chi connectivity index (χ4n) is 4.41. The van der Waals surface area contributed by atoms with Crippen molar-refractivity contribution < 1.29 is 14.3 Å². The van der Waals surface area contributed by atoms with Crippen molar-refractivity contribution in [3.8, 4) is 5.75 Å². The first-order valence-electron chi connectivity index (χ1n) is 12.2. The summed E-state index contributed by atoms with van der Waals surface area (Å²) in [6.07, 6.45) is 2.70. The van der Waals surface area contributed by atoms with Crippen LogP contribution >= 0.6 is 11.6 Å². The molecule has 0 radical (unpaired) electrons. The molecule has 0 spiro atoms. The summed E-state index contributed by atoms with van der Waals surface area (Å²) in [5.74, 6) is 1.24. The van der Waals surface area contributed by atoms with E-state index in [1.807, 2.05) is 47.0 Å². The second kappa shape index (κ2) is 10.9. The van der Waals surface area contributed by atoms with Crippen LogP contribution in [0, 0.1) is 0 Å². The Morgan fingerprint density at radius 2 is 1.81 bits per heavy atom. The minimum atomic E-state index is -0.320. The standard InChI is InChI=1S/C29H27ClN4O3/c1-33(29(36)21-10-7-11-22(30)18-21)27-26(34-17-6-5-12-25(34)32-27)28(35)31-23-13-15-24(16-14-23)37-19-20-8-3-2-4-9-20/h2-4,7-11,13-16,18H,5-6,12,17,19H2,1H3,(H,31,35).